The van der Waals surface area contributed by atoms with Crippen LogP contribution < -0.4 is 5.32 Å². The van der Waals surface area contributed by atoms with Gasteiger partial charge in [-0.05, 0) is 17.7 Å². The fraction of sp³-hybridized carbons (Fsp3) is 0.222. The van der Waals surface area contributed by atoms with Crippen LogP contribution in [0, 0.1) is 5.92 Å². The predicted molar refractivity (Wildman–Crippen MR) is 96.5 cm³/mol. The zero-order valence-corrected chi connectivity index (χ0v) is 13.8. The van der Waals surface area contributed by atoms with E-state index >= 15 is 0 Å². The highest BCUT2D eigenvalue weighted by Crippen LogP contribution is 2.21. The van der Waals surface area contributed by atoms with Crippen molar-refractivity contribution in [2.24, 2.45) is 5.92 Å². The number of aromatic amines is 1. The fourth-order valence-electron chi connectivity index (χ4n) is 2.33. The molecule has 3 aromatic rings. The van der Waals surface area contributed by atoms with Crippen molar-refractivity contribution < 1.29 is 4.79 Å². The summed E-state index contributed by atoms with van der Waals surface area (Å²) in [7, 11) is 0. The first-order valence-electron chi connectivity index (χ1n) is 7.58. The first-order valence-corrected chi connectivity index (χ1v) is 8.74. The van der Waals surface area contributed by atoms with Crippen molar-refractivity contribution in [1.82, 2.24) is 9.97 Å². The van der Waals surface area contributed by atoms with Gasteiger partial charge in [-0.2, -0.15) is 11.8 Å². The third kappa shape index (κ3) is 3.93. The maximum absolute atomic E-state index is 12.4. The molecule has 4 nitrogen and oxygen atoms in total. The number of anilines is 1. The number of aromatic nitrogens is 2. The van der Waals surface area contributed by atoms with E-state index in [2.05, 4.69) is 27.4 Å². The molecule has 0 aliphatic rings. The van der Waals surface area contributed by atoms with Crippen LogP contribution in [-0.4, -0.2) is 21.6 Å². The number of carbonyl (C=O) groups is 1. The number of amides is 1. The lowest BCUT2D eigenvalue weighted by Gasteiger charge is -2.12. The second-order valence-electron chi connectivity index (χ2n) is 5.50. The maximum Gasteiger partial charge on any atom is 0.228 e. The molecule has 2 aromatic carbocycles. The molecule has 118 valence electrons. The molecule has 1 unspecified atom stereocenters. The van der Waals surface area contributed by atoms with E-state index in [1.165, 1.54) is 5.56 Å². The molecule has 0 saturated carbocycles. The van der Waals surface area contributed by atoms with Gasteiger partial charge in [-0.3, -0.25) is 4.79 Å². The van der Waals surface area contributed by atoms with Crippen LogP contribution in [0.5, 0.6) is 0 Å². The first-order chi connectivity index (χ1) is 11.2. The van der Waals surface area contributed by atoms with Gasteiger partial charge in [0.1, 0.15) is 5.52 Å². The van der Waals surface area contributed by atoms with E-state index in [9.17, 15) is 4.79 Å². The van der Waals surface area contributed by atoms with Crippen molar-refractivity contribution >= 4 is 34.4 Å². The molecule has 0 radical (unpaired) electrons. The highest BCUT2D eigenvalue weighted by Gasteiger charge is 2.15. The largest absolute Gasteiger partial charge is 0.345 e. The SMILES string of the molecule is CC(CSCc1ccccc1)C(=O)Nc1cccc2[nH]cnc12. The Morgan fingerprint density at radius 2 is 2.04 bits per heavy atom. The minimum atomic E-state index is -0.0575. The van der Waals surface area contributed by atoms with Crippen LogP contribution >= 0.6 is 11.8 Å². The summed E-state index contributed by atoms with van der Waals surface area (Å²) in [6.07, 6.45) is 1.64. The van der Waals surface area contributed by atoms with E-state index in [-0.39, 0.29) is 11.8 Å². The number of hydrogen-bond donors (Lipinski definition) is 2. The van der Waals surface area contributed by atoms with E-state index in [1.54, 1.807) is 18.1 Å². The van der Waals surface area contributed by atoms with Gasteiger partial charge >= 0.3 is 0 Å². The van der Waals surface area contributed by atoms with Crippen LogP contribution in [0.15, 0.2) is 54.9 Å². The highest BCUT2D eigenvalue weighted by molar-refractivity contribution is 7.98. The van der Waals surface area contributed by atoms with E-state index in [4.69, 9.17) is 0 Å². The molecule has 0 saturated heterocycles. The monoisotopic (exact) mass is 325 g/mol. The van der Waals surface area contributed by atoms with Crippen molar-refractivity contribution in [2.45, 2.75) is 12.7 Å². The molecule has 1 atom stereocenters. The van der Waals surface area contributed by atoms with Crippen LogP contribution in [0.2, 0.25) is 0 Å². The molecule has 23 heavy (non-hydrogen) atoms. The lowest BCUT2D eigenvalue weighted by molar-refractivity contribution is -0.118. The van der Waals surface area contributed by atoms with Crippen molar-refractivity contribution in [2.75, 3.05) is 11.1 Å². The summed E-state index contributed by atoms with van der Waals surface area (Å²) >= 11 is 1.78. The smallest absolute Gasteiger partial charge is 0.228 e. The highest BCUT2D eigenvalue weighted by atomic mass is 32.2. The Balaban J connectivity index is 1.54. The number of H-pyrrole nitrogens is 1. The standard InChI is InChI=1S/C18H19N3OS/c1-13(10-23-11-14-6-3-2-4-7-14)18(22)21-16-9-5-8-15-17(16)20-12-19-15/h2-9,12-13H,10-11H2,1H3,(H,19,20)(H,21,22). The molecule has 0 aliphatic carbocycles. The molecule has 2 N–H and O–H groups in total. The number of imidazole rings is 1. The van der Waals surface area contributed by atoms with Gasteiger partial charge in [-0.15, -0.1) is 0 Å². The summed E-state index contributed by atoms with van der Waals surface area (Å²) in [6.45, 7) is 1.96. The van der Waals surface area contributed by atoms with Crippen molar-refractivity contribution in [1.29, 1.82) is 0 Å². The van der Waals surface area contributed by atoms with Crippen molar-refractivity contribution in [3.63, 3.8) is 0 Å². The van der Waals surface area contributed by atoms with Crippen molar-refractivity contribution in [3.8, 4) is 0 Å². The predicted octanol–water partition coefficient (Wildman–Crippen LogP) is 4.07. The molecule has 1 amide bonds. The van der Waals surface area contributed by atoms with E-state index in [1.807, 2.05) is 43.3 Å². The number of rotatable bonds is 6. The number of nitrogens with one attached hydrogen (secondary N) is 2. The van der Waals surface area contributed by atoms with Gasteiger partial charge in [0.05, 0.1) is 17.5 Å². The van der Waals surface area contributed by atoms with Gasteiger partial charge in [0.25, 0.3) is 0 Å². The van der Waals surface area contributed by atoms with Gasteiger partial charge in [0.2, 0.25) is 5.91 Å². The topological polar surface area (TPSA) is 57.8 Å². The summed E-state index contributed by atoms with van der Waals surface area (Å²) in [5.41, 5.74) is 3.76. The Morgan fingerprint density at radius 3 is 2.87 bits per heavy atom. The summed E-state index contributed by atoms with van der Waals surface area (Å²) in [5, 5.41) is 2.98. The minimum Gasteiger partial charge on any atom is -0.345 e. The lowest BCUT2D eigenvalue weighted by atomic mass is 10.2. The number of hydrogen-bond acceptors (Lipinski definition) is 3. The second kappa shape index (κ2) is 7.33. The van der Waals surface area contributed by atoms with Crippen LogP contribution in [0.25, 0.3) is 11.0 Å². The van der Waals surface area contributed by atoms with Gasteiger partial charge in [0, 0.05) is 17.4 Å². The number of carbonyl (C=O) groups excluding carboxylic acids is 1. The summed E-state index contributed by atoms with van der Waals surface area (Å²) < 4.78 is 0. The Kier molecular flexibility index (Phi) is 4.98. The van der Waals surface area contributed by atoms with Gasteiger partial charge in [-0.1, -0.05) is 43.3 Å². The zero-order chi connectivity index (χ0) is 16.1. The second-order valence-corrected chi connectivity index (χ2v) is 6.53. The molecule has 0 fully saturated rings. The van der Waals surface area contributed by atoms with Gasteiger partial charge < -0.3 is 10.3 Å². The lowest BCUT2D eigenvalue weighted by Crippen LogP contribution is -2.22. The van der Waals surface area contributed by atoms with E-state index in [0.29, 0.717) is 0 Å². The van der Waals surface area contributed by atoms with E-state index in [0.717, 1.165) is 28.2 Å². The number of nitrogens with zero attached hydrogens (tertiary/aromatic N) is 1. The number of para-hydroxylation sites is 1. The first kappa shape index (κ1) is 15.6. The van der Waals surface area contributed by atoms with Crippen LogP contribution in [0.3, 0.4) is 0 Å². The Labute approximate surface area is 139 Å². The Morgan fingerprint density at radius 1 is 1.22 bits per heavy atom. The summed E-state index contributed by atoms with van der Waals surface area (Å²) in [6, 6.07) is 16.0. The molecule has 0 bridgehead atoms. The average molecular weight is 325 g/mol. The zero-order valence-electron chi connectivity index (χ0n) is 13.0. The number of thioether (sulfide) groups is 1. The van der Waals surface area contributed by atoms with Crippen LogP contribution in [0.1, 0.15) is 12.5 Å². The molecule has 0 spiro atoms. The van der Waals surface area contributed by atoms with Crippen LogP contribution in [0.4, 0.5) is 5.69 Å². The number of benzene rings is 2. The summed E-state index contributed by atoms with van der Waals surface area (Å²) in [4.78, 5) is 19.7. The normalized spacial score (nSPS) is 12.2. The molecule has 1 aromatic heterocycles. The third-order valence-corrected chi connectivity index (χ3v) is 4.91. The third-order valence-electron chi connectivity index (χ3n) is 3.63. The minimum absolute atomic E-state index is 0.0288. The molecule has 0 aliphatic heterocycles. The van der Waals surface area contributed by atoms with E-state index < -0.39 is 0 Å². The fourth-order valence-corrected chi connectivity index (χ4v) is 3.38. The van der Waals surface area contributed by atoms with Crippen LogP contribution in [-0.2, 0) is 10.5 Å². The van der Waals surface area contributed by atoms with Crippen molar-refractivity contribution in [3.05, 3.63) is 60.4 Å². The quantitative estimate of drug-likeness (QED) is 0.718. The van der Waals surface area contributed by atoms with Gasteiger partial charge in [-0.25, -0.2) is 4.98 Å². The number of fused-ring (bicyclic) bond motifs is 1. The molecule has 5 heteroatoms. The average Bonchev–Trinajstić information content (AvgIpc) is 3.05. The summed E-state index contributed by atoms with van der Waals surface area (Å²) in [5.74, 6) is 1.68. The molecular formula is C18H19N3OS. The Hall–Kier alpha value is -2.27. The van der Waals surface area contributed by atoms with Gasteiger partial charge in [0.15, 0.2) is 0 Å². The Bertz CT molecular complexity index is 785. The molecule has 3 rings (SSSR count). The molecular weight excluding hydrogens is 306 g/mol. The molecule has 1 heterocycles. The maximum atomic E-state index is 12.4.